The van der Waals surface area contributed by atoms with Gasteiger partial charge < -0.3 is 14.6 Å². The van der Waals surface area contributed by atoms with Gasteiger partial charge in [0.1, 0.15) is 13.2 Å². The topological polar surface area (TPSA) is 51.6 Å². The van der Waals surface area contributed by atoms with Crippen LogP contribution < -0.4 is 9.47 Å². The molecule has 3 aromatic rings. The zero-order valence-electron chi connectivity index (χ0n) is 15.4. The van der Waals surface area contributed by atoms with E-state index in [2.05, 4.69) is 4.98 Å². The van der Waals surface area contributed by atoms with Crippen LogP contribution in [0.25, 0.3) is 0 Å². The first kappa shape index (κ1) is 18.9. The summed E-state index contributed by atoms with van der Waals surface area (Å²) in [6, 6.07) is 22.0. The normalized spacial score (nSPS) is 10.6. The Morgan fingerprint density at radius 1 is 0.741 bits per heavy atom. The fraction of sp³-hybridized carbons (Fsp3) is 0.261. The maximum absolute atomic E-state index is 8.97. The van der Waals surface area contributed by atoms with Gasteiger partial charge in [0.15, 0.2) is 11.5 Å². The van der Waals surface area contributed by atoms with Gasteiger partial charge in [0, 0.05) is 18.4 Å². The molecule has 1 heterocycles. The fourth-order valence-corrected chi connectivity index (χ4v) is 2.71. The van der Waals surface area contributed by atoms with Crippen molar-refractivity contribution in [3.63, 3.8) is 0 Å². The highest BCUT2D eigenvalue weighted by atomic mass is 16.5. The van der Waals surface area contributed by atoms with Crippen molar-refractivity contribution in [2.75, 3.05) is 6.61 Å². The molecule has 4 nitrogen and oxygen atoms in total. The standard InChI is InChI=1S/C23H25NO3/c25-14-8-7-13-21-15-22(26-17-19-9-3-1-4-10-19)23(16-24-21)27-18-20-11-5-2-6-12-20/h1-6,9-12,15-16,25H,7-8,13-14,17-18H2. The molecule has 0 fully saturated rings. The van der Waals surface area contributed by atoms with Crippen LogP contribution in [0.3, 0.4) is 0 Å². The number of hydrogen-bond acceptors (Lipinski definition) is 4. The third kappa shape index (κ3) is 6.12. The summed E-state index contributed by atoms with van der Waals surface area (Å²) < 4.78 is 12.0. The molecule has 0 saturated carbocycles. The van der Waals surface area contributed by atoms with Crippen molar-refractivity contribution in [1.29, 1.82) is 0 Å². The zero-order valence-corrected chi connectivity index (χ0v) is 15.4. The number of pyridine rings is 1. The number of nitrogens with zero attached hydrogens (tertiary/aromatic N) is 1. The maximum Gasteiger partial charge on any atom is 0.179 e. The van der Waals surface area contributed by atoms with Crippen LogP contribution >= 0.6 is 0 Å². The minimum Gasteiger partial charge on any atom is -0.485 e. The Kier molecular flexibility index (Phi) is 7.25. The lowest BCUT2D eigenvalue weighted by Gasteiger charge is -2.14. The molecule has 0 saturated heterocycles. The van der Waals surface area contributed by atoms with Gasteiger partial charge >= 0.3 is 0 Å². The van der Waals surface area contributed by atoms with Crippen molar-refractivity contribution in [2.45, 2.75) is 32.5 Å². The number of aliphatic hydroxyl groups excluding tert-OH is 1. The average Bonchev–Trinajstić information content (AvgIpc) is 2.73. The maximum atomic E-state index is 8.97. The van der Waals surface area contributed by atoms with Crippen molar-refractivity contribution in [2.24, 2.45) is 0 Å². The van der Waals surface area contributed by atoms with Crippen LogP contribution in [0, 0.1) is 0 Å². The van der Waals surface area contributed by atoms with E-state index in [0.29, 0.717) is 24.7 Å². The molecule has 0 atom stereocenters. The highest BCUT2D eigenvalue weighted by Crippen LogP contribution is 2.29. The molecule has 0 bridgehead atoms. The molecule has 140 valence electrons. The van der Waals surface area contributed by atoms with Crippen molar-refractivity contribution in [3.8, 4) is 11.5 Å². The second kappa shape index (κ2) is 10.3. The molecule has 0 aliphatic heterocycles. The van der Waals surface area contributed by atoms with Gasteiger partial charge in [-0.15, -0.1) is 0 Å². The summed E-state index contributed by atoms with van der Waals surface area (Å²) in [6.07, 6.45) is 4.21. The van der Waals surface area contributed by atoms with Crippen molar-refractivity contribution < 1.29 is 14.6 Å². The molecule has 1 aromatic heterocycles. The molecular formula is C23H25NO3. The number of ether oxygens (including phenoxy) is 2. The largest absolute Gasteiger partial charge is 0.485 e. The van der Waals surface area contributed by atoms with Crippen LogP contribution in [-0.4, -0.2) is 16.7 Å². The first-order valence-electron chi connectivity index (χ1n) is 9.28. The predicted molar refractivity (Wildman–Crippen MR) is 106 cm³/mol. The summed E-state index contributed by atoms with van der Waals surface area (Å²) in [4.78, 5) is 4.49. The number of benzene rings is 2. The van der Waals surface area contributed by atoms with Crippen LogP contribution in [0.2, 0.25) is 0 Å². The van der Waals surface area contributed by atoms with Crippen molar-refractivity contribution in [3.05, 3.63) is 89.7 Å². The Balaban J connectivity index is 1.71. The molecule has 0 radical (unpaired) electrons. The Bertz CT molecular complexity index is 806. The van der Waals surface area contributed by atoms with Crippen molar-refractivity contribution >= 4 is 0 Å². The first-order valence-corrected chi connectivity index (χ1v) is 9.28. The Hall–Kier alpha value is -2.85. The summed E-state index contributed by atoms with van der Waals surface area (Å²) in [6.45, 7) is 1.15. The van der Waals surface area contributed by atoms with E-state index in [9.17, 15) is 0 Å². The van der Waals surface area contributed by atoms with E-state index < -0.39 is 0 Å². The monoisotopic (exact) mass is 363 g/mol. The van der Waals surface area contributed by atoms with Gasteiger partial charge in [-0.25, -0.2) is 0 Å². The lowest BCUT2D eigenvalue weighted by Crippen LogP contribution is -2.03. The number of aliphatic hydroxyl groups is 1. The molecule has 3 rings (SSSR count). The Morgan fingerprint density at radius 2 is 1.33 bits per heavy atom. The third-order valence-electron chi connectivity index (χ3n) is 4.20. The third-order valence-corrected chi connectivity index (χ3v) is 4.20. The SMILES string of the molecule is OCCCCc1cc(OCc2ccccc2)c(OCc2ccccc2)cn1. The molecule has 27 heavy (non-hydrogen) atoms. The number of rotatable bonds is 10. The molecule has 1 N–H and O–H groups in total. The van der Waals surface area contributed by atoms with E-state index in [1.54, 1.807) is 6.20 Å². The van der Waals surface area contributed by atoms with Gasteiger partial charge in [-0.3, -0.25) is 4.98 Å². The van der Waals surface area contributed by atoms with Gasteiger partial charge in [-0.05, 0) is 30.4 Å². The molecule has 0 amide bonds. The van der Waals surface area contributed by atoms with Crippen LogP contribution in [-0.2, 0) is 19.6 Å². The smallest absolute Gasteiger partial charge is 0.179 e. The summed E-state index contributed by atoms with van der Waals surface area (Å²) in [5.74, 6) is 1.34. The fourth-order valence-electron chi connectivity index (χ4n) is 2.71. The first-order chi connectivity index (χ1) is 13.3. The van der Waals surface area contributed by atoms with Crippen LogP contribution in [0.15, 0.2) is 72.9 Å². The minimum atomic E-state index is 0.204. The molecule has 4 heteroatoms. The van der Waals surface area contributed by atoms with E-state index in [0.717, 1.165) is 36.1 Å². The van der Waals surface area contributed by atoms with Crippen LogP contribution in [0.4, 0.5) is 0 Å². The van der Waals surface area contributed by atoms with Crippen LogP contribution in [0.1, 0.15) is 29.7 Å². The zero-order chi connectivity index (χ0) is 18.7. The number of unbranched alkanes of at least 4 members (excludes halogenated alkanes) is 1. The summed E-state index contributed by atoms with van der Waals surface area (Å²) >= 11 is 0. The van der Waals surface area contributed by atoms with Gasteiger partial charge in [-0.2, -0.15) is 0 Å². The van der Waals surface area contributed by atoms with E-state index >= 15 is 0 Å². The molecule has 0 aliphatic carbocycles. The Labute approximate surface area is 160 Å². The molecular weight excluding hydrogens is 338 g/mol. The summed E-state index contributed by atoms with van der Waals surface area (Å²) in [5, 5.41) is 8.97. The molecule has 2 aromatic carbocycles. The van der Waals surface area contributed by atoms with Gasteiger partial charge in [0.2, 0.25) is 0 Å². The molecule has 0 aliphatic rings. The lowest BCUT2D eigenvalue weighted by atomic mass is 10.2. The lowest BCUT2D eigenvalue weighted by molar-refractivity contribution is 0.254. The second-order valence-electron chi connectivity index (χ2n) is 6.35. The van der Waals surface area contributed by atoms with Gasteiger partial charge in [0.05, 0.1) is 6.20 Å². The second-order valence-corrected chi connectivity index (χ2v) is 6.35. The predicted octanol–water partition coefficient (Wildman–Crippen LogP) is 4.55. The van der Waals surface area contributed by atoms with E-state index in [4.69, 9.17) is 14.6 Å². The summed E-state index contributed by atoms with van der Waals surface area (Å²) in [7, 11) is 0. The van der Waals surface area contributed by atoms with E-state index in [1.807, 2.05) is 66.7 Å². The Morgan fingerprint density at radius 3 is 1.93 bits per heavy atom. The summed E-state index contributed by atoms with van der Waals surface area (Å²) in [5.41, 5.74) is 3.14. The highest BCUT2D eigenvalue weighted by molar-refractivity contribution is 5.39. The van der Waals surface area contributed by atoms with Gasteiger partial charge in [-0.1, -0.05) is 60.7 Å². The van der Waals surface area contributed by atoms with Gasteiger partial charge in [0.25, 0.3) is 0 Å². The molecule has 0 unspecified atom stereocenters. The number of hydrogen-bond donors (Lipinski definition) is 1. The van der Waals surface area contributed by atoms with E-state index in [-0.39, 0.29) is 6.61 Å². The minimum absolute atomic E-state index is 0.204. The number of aryl methyl sites for hydroxylation is 1. The van der Waals surface area contributed by atoms with Crippen LogP contribution in [0.5, 0.6) is 11.5 Å². The number of aromatic nitrogens is 1. The average molecular weight is 363 g/mol. The van der Waals surface area contributed by atoms with E-state index in [1.165, 1.54) is 0 Å². The molecule has 0 spiro atoms. The van der Waals surface area contributed by atoms with Crippen molar-refractivity contribution in [1.82, 2.24) is 4.98 Å². The quantitative estimate of drug-likeness (QED) is 0.537. The highest BCUT2D eigenvalue weighted by Gasteiger charge is 2.09.